The predicted octanol–water partition coefficient (Wildman–Crippen LogP) is 5.03. The number of anilines is 1. The number of fused-ring (bicyclic) bond motifs is 1. The van der Waals surface area contributed by atoms with Crippen molar-refractivity contribution in [1.29, 1.82) is 0 Å². The fourth-order valence-electron chi connectivity index (χ4n) is 4.24. The SMILES string of the molecule is CC(=O)c1[nH]c2ccc(Br)cc2c1NC(=O)CN1CCC(Cc2ccccc2)CC1. The molecule has 0 saturated carbocycles. The number of ketones is 1. The number of likely N-dealkylation sites (tertiary alicyclic amines) is 1. The van der Waals surface area contributed by atoms with Gasteiger partial charge < -0.3 is 10.3 Å². The van der Waals surface area contributed by atoms with Crippen molar-refractivity contribution in [2.45, 2.75) is 26.2 Å². The van der Waals surface area contributed by atoms with Crippen LogP contribution in [0, 0.1) is 5.92 Å². The van der Waals surface area contributed by atoms with Gasteiger partial charge in [-0.3, -0.25) is 14.5 Å². The van der Waals surface area contributed by atoms with Gasteiger partial charge in [-0.15, -0.1) is 0 Å². The van der Waals surface area contributed by atoms with Crippen molar-refractivity contribution in [2.24, 2.45) is 5.92 Å². The number of aromatic nitrogens is 1. The lowest BCUT2D eigenvalue weighted by Crippen LogP contribution is -2.39. The topological polar surface area (TPSA) is 65.2 Å². The molecule has 1 aliphatic heterocycles. The third kappa shape index (κ3) is 4.82. The minimum Gasteiger partial charge on any atom is -0.350 e. The molecule has 0 spiro atoms. The van der Waals surface area contributed by atoms with Crippen molar-refractivity contribution in [1.82, 2.24) is 9.88 Å². The van der Waals surface area contributed by atoms with Crippen LogP contribution in [0.15, 0.2) is 53.0 Å². The van der Waals surface area contributed by atoms with Gasteiger partial charge in [-0.05, 0) is 62.0 Å². The van der Waals surface area contributed by atoms with Crippen molar-refractivity contribution in [3.63, 3.8) is 0 Å². The average Bonchev–Trinajstić information content (AvgIpc) is 3.08. The number of Topliss-reactive ketones (excluding diaryl/α,β-unsaturated/α-hetero) is 1. The van der Waals surface area contributed by atoms with E-state index in [4.69, 9.17) is 0 Å². The van der Waals surface area contributed by atoms with E-state index in [0.717, 1.165) is 47.7 Å². The Hall–Kier alpha value is -2.44. The summed E-state index contributed by atoms with van der Waals surface area (Å²) < 4.78 is 0.903. The van der Waals surface area contributed by atoms with Gasteiger partial charge in [0.25, 0.3) is 0 Å². The van der Waals surface area contributed by atoms with E-state index in [-0.39, 0.29) is 11.7 Å². The van der Waals surface area contributed by atoms with Gasteiger partial charge in [0.15, 0.2) is 5.78 Å². The molecule has 0 bridgehead atoms. The normalized spacial score (nSPS) is 15.4. The molecule has 1 fully saturated rings. The molecule has 4 rings (SSSR count). The Bertz CT molecular complexity index is 1050. The van der Waals surface area contributed by atoms with Crippen LogP contribution in [0.5, 0.6) is 0 Å². The zero-order chi connectivity index (χ0) is 21.1. The minimum absolute atomic E-state index is 0.0834. The van der Waals surface area contributed by atoms with Crippen LogP contribution in [-0.4, -0.2) is 41.2 Å². The number of carbonyl (C=O) groups is 2. The number of piperidine rings is 1. The number of hydrogen-bond acceptors (Lipinski definition) is 3. The van der Waals surface area contributed by atoms with Crippen LogP contribution in [0.4, 0.5) is 5.69 Å². The number of nitrogens with one attached hydrogen (secondary N) is 2. The van der Waals surface area contributed by atoms with Crippen LogP contribution in [0.3, 0.4) is 0 Å². The maximum absolute atomic E-state index is 12.8. The summed E-state index contributed by atoms with van der Waals surface area (Å²) in [6.45, 7) is 3.69. The van der Waals surface area contributed by atoms with E-state index < -0.39 is 0 Å². The molecule has 156 valence electrons. The summed E-state index contributed by atoms with van der Waals surface area (Å²) in [6.07, 6.45) is 3.30. The van der Waals surface area contributed by atoms with Crippen LogP contribution in [0.1, 0.15) is 35.8 Å². The summed E-state index contributed by atoms with van der Waals surface area (Å²) in [5.74, 6) is 0.487. The maximum Gasteiger partial charge on any atom is 0.238 e. The van der Waals surface area contributed by atoms with Crippen LogP contribution in [-0.2, 0) is 11.2 Å². The standard InChI is InChI=1S/C24H26BrN3O2/c1-16(29)23-24(20-14-19(25)7-8-21(20)26-23)27-22(30)15-28-11-9-18(10-12-28)13-17-5-3-2-4-6-17/h2-8,14,18,26H,9-13,15H2,1H3,(H,27,30). The first-order valence-electron chi connectivity index (χ1n) is 10.4. The fraction of sp³-hybridized carbons (Fsp3) is 0.333. The highest BCUT2D eigenvalue weighted by Gasteiger charge is 2.23. The summed E-state index contributed by atoms with van der Waals surface area (Å²) in [5, 5.41) is 3.82. The monoisotopic (exact) mass is 467 g/mol. The fourth-order valence-corrected chi connectivity index (χ4v) is 4.60. The van der Waals surface area contributed by atoms with E-state index in [2.05, 4.69) is 61.5 Å². The van der Waals surface area contributed by atoms with Gasteiger partial charge in [-0.1, -0.05) is 46.3 Å². The van der Waals surface area contributed by atoms with E-state index in [1.807, 2.05) is 18.2 Å². The summed E-state index contributed by atoms with van der Waals surface area (Å²) in [5.41, 5.74) is 3.23. The molecule has 0 unspecified atom stereocenters. The number of rotatable bonds is 6. The second kappa shape index (κ2) is 9.14. The van der Waals surface area contributed by atoms with Gasteiger partial charge in [0, 0.05) is 22.3 Å². The van der Waals surface area contributed by atoms with Gasteiger partial charge in [0.1, 0.15) is 5.69 Å². The highest BCUT2D eigenvalue weighted by molar-refractivity contribution is 9.10. The predicted molar refractivity (Wildman–Crippen MR) is 124 cm³/mol. The number of benzene rings is 2. The third-order valence-corrected chi connectivity index (χ3v) is 6.31. The molecular weight excluding hydrogens is 442 g/mol. The van der Waals surface area contributed by atoms with E-state index >= 15 is 0 Å². The number of halogens is 1. The zero-order valence-corrected chi connectivity index (χ0v) is 18.7. The molecule has 6 heteroatoms. The lowest BCUT2D eigenvalue weighted by molar-refractivity contribution is -0.117. The molecule has 0 atom stereocenters. The minimum atomic E-state index is -0.0978. The Labute approximate surface area is 185 Å². The molecule has 2 N–H and O–H groups in total. The quantitative estimate of drug-likeness (QED) is 0.499. The largest absolute Gasteiger partial charge is 0.350 e. The van der Waals surface area contributed by atoms with Gasteiger partial charge in [-0.2, -0.15) is 0 Å². The first kappa shape index (κ1) is 20.8. The number of carbonyl (C=O) groups excluding carboxylic acids is 2. The van der Waals surface area contributed by atoms with Gasteiger partial charge in [0.05, 0.1) is 12.2 Å². The molecule has 3 aromatic rings. The van der Waals surface area contributed by atoms with Crippen molar-refractivity contribution >= 4 is 44.2 Å². The van der Waals surface area contributed by atoms with Crippen LogP contribution in [0.25, 0.3) is 10.9 Å². The highest BCUT2D eigenvalue weighted by atomic mass is 79.9. The highest BCUT2D eigenvalue weighted by Crippen LogP contribution is 2.31. The molecule has 2 aromatic carbocycles. The van der Waals surface area contributed by atoms with Gasteiger partial charge >= 0.3 is 0 Å². The second-order valence-corrected chi connectivity index (χ2v) is 8.99. The van der Waals surface area contributed by atoms with Gasteiger partial charge in [-0.25, -0.2) is 0 Å². The van der Waals surface area contributed by atoms with E-state index in [1.54, 1.807) is 0 Å². The lowest BCUT2D eigenvalue weighted by atomic mass is 9.90. The Balaban J connectivity index is 1.37. The second-order valence-electron chi connectivity index (χ2n) is 8.08. The molecule has 5 nitrogen and oxygen atoms in total. The number of hydrogen-bond donors (Lipinski definition) is 2. The lowest BCUT2D eigenvalue weighted by Gasteiger charge is -2.31. The summed E-state index contributed by atoms with van der Waals surface area (Å²) in [6, 6.07) is 16.3. The van der Waals surface area contributed by atoms with Crippen molar-refractivity contribution in [3.8, 4) is 0 Å². The van der Waals surface area contributed by atoms with Crippen LogP contribution >= 0.6 is 15.9 Å². The molecule has 0 aliphatic carbocycles. The van der Waals surface area contributed by atoms with Crippen LogP contribution in [0.2, 0.25) is 0 Å². The molecule has 30 heavy (non-hydrogen) atoms. The molecule has 0 radical (unpaired) electrons. The number of amides is 1. The average molecular weight is 468 g/mol. The maximum atomic E-state index is 12.8. The van der Waals surface area contributed by atoms with E-state index in [0.29, 0.717) is 23.8 Å². The molecule has 2 heterocycles. The molecule has 1 aromatic heterocycles. The zero-order valence-electron chi connectivity index (χ0n) is 17.1. The molecular formula is C24H26BrN3O2. The first-order valence-corrected chi connectivity index (χ1v) is 11.2. The summed E-state index contributed by atoms with van der Waals surface area (Å²) in [7, 11) is 0. The van der Waals surface area contributed by atoms with Crippen LogP contribution < -0.4 is 5.32 Å². The summed E-state index contributed by atoms with van der Waals surface area (Å²) in [4.78, 5) is 30.2. The van der Waals surface area contributed by atoms with Gasteiger partial charge in [0.2, 0.25) is 5.91 Å². The number of nitrogens with zero attached hydrogens (tertiary/aromatic N) is 1. The molecule has 1 amide bonds. The molecule has 1 aliphatic rings. The number of aromatic amines is 1. The van der Waals surface area contributed by atoms with Crippen molar-refractivity contribution in [3.05, 3.63) is 64.3 Å². The molecule has 1 saturated heterocycles. The first-order chi connectivity index (χ1) is 14.5. The Morgan fingerprint density at radius 2 is 1.87 bits per heavy atom. The Morgan fingerprint density at radius 3 is 2.57 bits per heavy atom. The Morgan fingerprint density at radius 1 is 1.13 bits per heavy atom. The Kier molecular flexibility index (Phi) is 6.35. The van der Waals surface area contributed by atoms with Crippen molar-refractivity contribution in [2.75, 3.05) is 25.0 Å². The van der Waals surface area contributed by atoms with E-state index in [1.165, 1.54) is 12.5 Å². The number of H-pyrrole nitrogens is 1. The third-order valence-electron chi connectivity index (χ3n) is 5.82. The van der Waals surface area contributed by atoms with E-state index in [9.17, 15) is 9.59 Å². The smallest absolute Gasteiger partial charge is 0.238 e. The van der Waals surface area contributed by atoms with Crippen molar-refractivity contribution < 1.29 is 9.59 Å². The summed E-state index contributed by atoms with van der Waals surface area (Å²) >= 11 is 3.47.